The maximum atomic E-state index is 11.9. The number of ether oxygens (including phenoxy) is 5. The van der Waals surface area contributed by atoms with E-state index in [2.05, 4.69) is 76.2 Å². The van der Waals surface area contributed by atoms with Crippen molar-refractivity contribution in [3.05, 3.63) is 60.7 Å². The fourth-order valence-corrected chi connectivity index (χ4v) is 11.7. The van der Waals surface area contributed by atoms with Crippen molar-refractivity contribution in [3.8, 4) is 0 Å². The Hall–Kier alpha value is -1.62. The normalized spacial score (nSPS) is 22.7. The molecule has 1 N–H and O–H groups in total. The van der Waals surface area contributed by atoms with Gasteiger partial charge in [0.05, 0.1) is 12.7 Å². The van der Waals surface area contributed by atoms with Gasteiger partial charge < -0.3 is 33.2 Å². The van der Waals surface area contributed by atoms with Gasteiger partial charge in [-0.05, 0) is 42.1 Å². The summed E-state index contributed by atoms with van der Waals surface area (Å²) in [5.74, 6) is -0.735. The van der Waals surface area contributed by atoms with Gasteiger partial charge in [0.2, 0.25) is 0 Å². The van der Waals surface area contributed by atoms with E-state index >= 15 is 0 Å². The number of aliphatic hydroxyl groups excluding tert-OH is 1. The number of benzene rings is 2. The predicted octanol–water partition coefficient (Wildman–Crippen LogP) is 5.42. The van der Waals surface area contributed by atoms with Gasteiger partial charge in [-0.1, -0.05) is 94.8 Å². The summed E-state index contributed by atoms with van der Waals surface area (Å²) in [5.41, 5.74) is 0. The van der Waals surface area contributed by atoms with Gasteiger partial charge in [-0.15, -0.1) is 0 Å². The Bertz CT molecular complexity index is 1050. The topological polar surface area (TPSA) is 75.6 Å². The van der Waals surface area contributed by atoms with Gasteiger partial charge in [-0.2, -0.15) is 0 Å². The van der Waals surface area contributed by atoms with Gasteiger partial charge in [-0.3, -0.25) is 0 Å². The van der Waals surface area contributed by atoms with Gasteiger partial charge in [0.15, 0.2) is 12.1 Å². The number of rotatable bonds is 14. The molecular weight excluding hydrogens is 560 g/mol. The van der Waals surface area contributed by atoms with Crippen molar-refractivity contribution >= 4 is 18.7 Å². The predicted molar refractivity (Wildman–Crippen MR) is 172 cm³/mol. The number of hydrogen-bond acceptors (Lipinski definition) is 7. The van der Waals surface area contributed by atoms with Crippen LogP contribution < -0.4 is 10.4 Å². The third-order valence-electron chi connectivity index (χ3n) is 9.09. The first-order valence-corrected chi connectivity index (χ1v) is 18.0. The van der Waals surface area contributed by atoms with Crippen molar-refractivity contribution in [1.29, 1.82) is 0 Å². The molecule has 240 valence electrons. The molecule has 43 heavy (non-hydrogen) atoms. The van der Waals surface area contributed by atoms with Gasteiger partial charge >= 0.3 is 0 Å². The molecule has 1 aliphatic heterocycles. The van der Waals surface area contributed by atoms with Crippen LogP contribution in [0.15, 0.2) is 60.7 Å². The third-order valence-corrected chi connectivity index (χ3v) is 14.1. The van der Waals surface area contributed by atoms with E-state index in [1.807, 2.05) is 26.0 Å². The second-order valence-electron chi connectivity index (χ2n) is 13.2. The Kier molecular flexibility index (Phi) is 12.0. The van der Waals surface area contributed by atoms with E-state index in [0.29, 0.717) is 19.8 Å². The molecule has 1 aliphatic carbocycles. The molecule has 0 aromatic heterocycles. The molecule has 1 saturated carbocycles. The van der Waals surface area contributed by atoms with Gasteiger partial charge in [0.25, 0.3) is 8.32 Å². The van der Waals surface area contributed by atoms with Crippen LogP contribution in [0.1, 0.15) is 73.6 Å². The van der Waals surface area contributed by atoms with Crippen molar-refractivity contribution in [2.24, 2.45) is 5.92 Å². The highest BCUT2D eigenvalue weighted by molar-refractivity contribution is 6.99. The van der Waals surface area contributed by atoms with Crippen LogP contribution in [0.4, 0.5) is 0 Å². The zero-order chi connectivity index (χ0) is 31.1. The molecule has 0 bridgehead atoms. The largest absolute Gasteiger partial charge is 0.407 e. The maximum absolute atomic E-state index is 11.9. The van der Waals surface area contributed by atoms with E-state index in [4.69, 9.17) is 28.1 Å². The zero-order valence-corrected chi connectivity index (χ0v) is 28.3. The molecule has 6 atom stereocenters. The van der Waals surface area contributed by atoms with Gasteiger partial charge in [0.1, 0.15) is 18.3 Å². The first kappa shape index (κ1) is 34.3. The Morgan fingerprint density at radius 2 is 1.53 bits per heavy atom. The molecule has 2 fully saturated rings. The molecule has 8 heteroatoms. The Labute approximate surface area is 260 Å². The van der Waals surface area contributed by atoms with E-state index in [0.717, 1.165) is 25.7 Å². The Morgan fingerprint density at radius 1 is 0.953 bits per heavy atom. The monoisotopic (exact) mass is 614 g/mol. The second kappa shape index (κ2) is 15.1. The summed E-state index contributed by atoms with van der Waals surface area (Å²) in [6.07, 6.45) is 1.88. The summed E-state index contributed by atoms with van der Waals surface area (Å²) >= 11 is 0. The smallest absolute Gasteiger partial charge is 0.261 e. The van der Waals surface area contributed by atoms with Crippen molar-refractivity contribution in [2.45, 2.75) is 115 Å². The molecular formula is C35H54O7Si. The minimum absolute atomic E-state index is 0.152. The van der Waals surface area contributed by atoms with Crippen LogP contribution in [0.25, 0.3) is 0 Å². The van der Waals surface area contributed by atoms with Crippen molar-refractivity contribution in [3.63, 3.8) is 0 Å². The summed E-state index contributed by atoms with van der Waals surface area (Å²) in [6.45, 7) is 13.9. The van der Waals surface area contributed by atoms with Gasteiger partial charge in [0, 0.05) is 39.1 Å². The summed E-state index contributed by atoms with van der Waals surface area (Å²) in [5, 5.41) is 14.2. The molecule has 2 aromatic carbocycles. The minimum atomic E-state index is -2.76. The van der Waals surface area contributed by atoms with Crippen LogP contribution in [0.5, 0.6) is 0 Å². The fraction of sp³-hybridized carbons (Fsp3) is 0.657. The average molecular weight is 615 g/mol. The highest BCUT2D eigenvalue weighted by Gasteiger charge is 2.52. The number of aliphatic hydroxyl groups is 1. The lowest BCUT2D eigenvalue weighted by Crippen LogP contribution is -2.67. The van der Waals surface area contributed by atoms with E-state index in [1.165, 1.54) is 16.8 Å². The lowest BCUT2D eigenvalue weighted by Gasteiger charge is -2.44. The second-order valence-corrected chi connectivity index (χ2v) is 17.5. The molecule has 2 aromatic rings. The van der Waals surface area contributed by atoms with E-state index < -0.39 is 44.8 Å². The number of hydrogen-bond donors (Lipinski definition) is 1. The third kappa shape index (κ3) is 7.79. The Morgan fingerprint density at radius 3 is 2.05 bits per heavy atom. The number of methoxy groups -OCH3 is 1. The van der Waals surface area contributed by atoms with Crippen LogP contribution in [0, 0.1) is 5.92 Å². The fourth-order valence-electron chi connectivity index (χ4n) is 6.98. The highest BCUT2D eigenvalue weighted by Crippen LogP contribution is 2.40. The summed E-state index contributed by atoms with van der Waals surface area (Å²) < 4.78 is 38.1. The average Bonchev–Trinajstić information content (AvgIpc) is 3.39. The van der Waals surface area contributed by atoms with Gasteiger partial charge in [-0.25, -0.2) is 0 Å². The molecule has 7 nitrogen and oxygen atoms in total. The molecule has 1 saturated heterocycles. The van der Waals surface area contributed by atoms with Crippen LogP contribution in [0.3, 0.4) is 0 Å². The lowest BCUT2D eigenvalue weighted by molar-refractivity contribution is -0.245. The molecule has 1 heterocycles. The van der Waals surface area contributed by atoms with E-state index in [1.54, 1.807) is 7.11 Å². The maximum Gasteiger partial charge on any atom is 0.261 e. The van der Waals surface area contributed by atoms with Crippen molar-refractivity contribution in [2.75, 3.05) is 26.9 Å². The van der Waals surface area contributed by atoms with Crippen LogP contribution in [-0.4, -0.2) is 76.8 Å². The highest BCUT2D eigenvalue weighted by atomic mass is 28.4. The van der Waals surface area contributed by atoms with Crippen LogP contribution >= 0.6 is 0 Å². The van der Waals surface area contributed by atoms with Crippen molar-refractivity contribution < 1.29 is 33.2 Å². The van der Waals surface area contributed by atoms with E-state index in [9.17, 15) is 5.11 Å². The quantitative estimate of drug-likeness (QED) is 0.225. The van der Waals surface area contributed by atoms with Crippen LogP contribution in [0.2, 0.25) is 5.04 Å². The molecule has 1 unspecified atom stereocenters. The summed E-state index contributed by atoms with van der Waals surface area (Å²) in [6, 6.07) is 21.2. The molecule has 2 aliphatic rings. The minimum Gasteiger partial charge on any atom is -0.407 e. The van der Waals surface area contributed by atoms with Crippen LogP contribution in [-0.2, 0) is 28.1 Å². The molecule has 4 rings (SSSR count). The lowest BCUT2D eigenvalue weighted by atomic mass is 9.93. The summed E-state index contributed by atoms with van der Waals surface area (Å²) in [7, 11) is -1.11. The standard InChI is InChI=1S/C35H54O7Si/c1-8-38-27(3)41-33(30-25-39-35(42-30)22-16-11-17-23-35)31(36)32(37-7)26(2)24-40-43(34(4,5)6,28-18-12-9-13-19-28)29-20-14-10-15-21-29/h9-10,12-15,18-21,26-27,30-33,36H,8,11,16-17,22-25H2,1-7H3/t26-,27?,30+,31+,32-,33+/m0/s1. The molecule has 0 radical (unpaired) electrons. The molecule has 1 spiro atoms. The SMILES string of the molecule is CCOC(C)O[C@@H]([C@H](O)[C@@H](OC)[C@@H](C)CO[Si](c1ccccc1)(c1ccccc1)C(C)(C)C)[C@H]1COC2(CCCCC2)O1. The first-order chi connectivity index (χ1) is 20.6. The summed E-state index contributed by atoms with van der Waals surface area (Å²) in [4.78, 5) is 0. The Balaban J connectivity index is 1.59. The molecule has 0 amide bonds. The zero-order valence-electron chi connectivity index (χ0n) is 27.3. The van der Waals surface area contributed by atoms with Crippen molar-refractivity contribution in [1.82, 2.24) is 0 Å². The first-order valence-electron chi connectivity index (χ1n) is 16.1. The van der Waals surface area contributed by atoms with E-state index in [-0.39, 0.29) is 11.0 Å².